The normalized spacial score (nSPS) is 13.8. The maximum absolute atomic E-state index is 13.5. The Labute approximate surface area is 138 Å². The van der Waals surface area contributed by atoms with Gasteiger partial charge in [0.25, 0.3) is 0 Å². The Hall–Kier alpha value is -1.17. The molecule has 118 valence electrons. The Bertz CT molecular complexity index is 631. The maximum atomic E-state index is 13.5. The fourth-order valence-corrected chi connectivity index (χ4v) is 3.40. The van der Waals surface area contributed by atoms with Gasteiger partial charge < -0.3 is 5.32 Å². The summed E-state index contributed by atoms with van der Waals surface area (Å²) in [5.41, 5.74) is 1.16. The van der Waals surface area contributed by atoms with Gasteiger partial charge in [-0.15, -0.1) is 11.8 Å². The van der Waals surface area contributed by atoms with Gasteiger partial charge in [0.05, 0.1) is 0 Å². The predicted octanol–water partition coefficient (Wildman–Crippen LogP) is 4.01. The zero-order valence-electron chi connectivity index (χ0n) is 12.7. The van der Waals surface area contributed by atoms with Gasteiger partial charge in [0, 0.05) is 45.2 Å². The van der Waals surface area contributed by atoms with E-state index in [0.29, 0.717) is 4.90 Å². The van der Waals surface area contributed by atoms with Gasteiger partial charge in [0.1, 0.15) is 5.82 Å². The van der Waals surface area contributed by atoms with E-state index in [0.717, 1.165) is 22.8 Å². The van der Waals surface area contributed by atoms with E-state index in [9.17, 15) is 8.60 Å². The molecule has 5 heteroatoms. The van der Waals surface area contributed by atoms with E-state index in [1.54, 1.807) is 18.4 Å². The molecule has 22 heavy (non-hydrogen) atoms. The average molecular weight is 337 g/mol. The quantitative estimate of drug-likeness (QED) is 0.611. The van der Waals surface area contributed by atoms with Gasteiger partial charge in [0.2, 0.25) is 0 Å². The molecule has 0 aromatic heterocycles. The molecule has 0 aliphatic rings. The minimum absolute atomic E-state index is 0.163. The molecule has 0 amide bonds. The lowest BCUT2D eigenvalue weighted by atomic mass is 10.1. The first-order valence-corrected chi connectivity index (χ1v) is 9.66. The number of thioether (sulfide) groups is 1. The molecule has 2 nitrogen and oxygen atoms in total. The van der Waals surface area contributed by atoms with E-state index in [2.05, 4.69) is 12.2 Å². The fraction of sp³-hybridized carbons (Fsp3) is 0.294. The molecule has 2 aromatic carbocycles. The van der Waals surface area contributed by atoms with Crippen LogP contribution in [0.1, 0.15) is 18.5 Å². The van der Waals surface area contributed by atoms with Crippen molar-refractivity contribution in [2.75, 3.05) is 18.6 Å². The Morgan fingerprint density at radius 3 is 2.50 bits per heavy atom. The molecule has 0 unspecified atom stereocenters. The van der Waals surface area contributed by atoms with Gasteiger partial charge in [-0.1, -0.05) is 24.3 Å². The highest BCUT2D eigenvalue weighted by Crippen LogP contribution is 2.21. The van der Waals surface area contributed by atoms with Gasteiger partial charge in [0.15, 0.2) is 0 Å². The molecule has 1 N–H and O–H groups in total. The summed E-state index contributed by atoms with van der Waals surface area (Å²) in [6.45, 7) is 2.88. The number of benzene rings is 2. The average Bonchev–Trinajstić information content (AvgIpc) is 2.53. The first-order chi connectivity index (χ1) is 10.6. The number of rotatable bonds is 7. The van der Waals surface area contributed by atoms with Crippen molar-refractivity contribution in [3.8, 4) is 0 Å². The smallest absolute Gasteiger partial charge is 0.136 e. The van der Waals surface area contributed by atoms with Crippen LogP contribution in [-0.4, -0.2) is 22.8 Å². The highest BCUT2D eigenvalue weighted by Gasteiger charge is 2.06. The van der Waals surface area contributed by atoms with Crippen LogP contribution >= 0.6 is 11.8 Å². The summed E-state index contributed by atoms with van der Waals surface area (Å²) >= 11 is 1.51. The van der Waals surface area contributed by atoms with Gasteiger partial charge in [-0.3, -0.25) is 4.21 Å². The molecule has 0 radical (unpaired) electrons. The van der Waals surface area contributed by atoms with Crippen molar-refractivity contribution in [2.45, 2.75) is 22.8 Å². The van der Waals surface area contributed by atoms with E-state index in [1.807, 2.05) is 30.3 Å². The minimum Gasteiger partial charge on any atom is -0.309 e. The standard InChI is InChI=1S/C17H20FNOS2/c1-13(14-7-9-15(10-8-14)22(2)20)19-11-12-21-17-6-4-3-5-16(17)18/h3-10,13,19H,11-12H2,1-2H3/t13-,22+/m0/s1. The number of halogens is 1. The SMILES string of the molecule is C[C@H](NCCSc1ccccc1F)c1ccc([S@@](C)=O)cc1. The van der Waals surface area contributed by atoms with E-state index in [1.165, 1.54) is 17.8 Å². The molecule has 0 saturated heterocycles. The van der Waals surface area contributed by atoms with Crippen LogP contribution in [0.4, 0.5) is 4.39 Å². The summed E-state index contributed by atoms with van der Waals surface area (Å²) in [5.74, 6) is 0.645. The predicted molar refractivity (Wildman–Crippen MR) is 92.3 cm³/mol. The third kappa shape index (κ3) is 4.93. The number of hydrogen-bond acceptors (Lipinski definition) is 3. The Kier molecular flexibility index (Phi) is 6.61. The fourth-order valence-electron chi connectivity index (χ4n) is 2.06. The van der Waals surface area contributed by atoms with Crippen LogP contribution < -0.4 is 5.32 Å². The molecule has 2 aromatic rings. The van der Waals surface area contributed by atoms with Crippen molar-refractivity contribution >= 4 is 22.6 Å². The largest absolute Gasteiger partial charge is 0.309 e. The topological polar surface area (TPSA) is 29.1 Å². The van der Waals surface area contributed by atoms with Crippen LogP contribution in [0.3, 0.4) is 0 Å². The van der Waals surface area contributed by atoms with Crippen molar-refractivity contribution < 1.29 is 8.60 Å². The van der Waals surface area contributed by atoms with Crippen LogP contribution in [0.5, 0.6) is 0 Å². The second-order valence-electron chi connectivity index (χ2n) is 4.98. The number of hydrogen-bond donors (Lipinski definition) is 1. The molecule has 0 saturated carbocycles. The van der Waals surface area contributed by atoms with Gasteiger partial charge >= 0.3 is 0 Å². The molecule has 0 bridgehead atoms. The molecule has 2 atom stereocenters. The molecule has 0 aliphatic carbocycles. The van der Waals surface area contributed by atoms with Crippen LogP contribution in [0.2, 0.25) is 0 Å². The summed E-state index contributed by atoms with van der Waals surface area (Å²) in [6.07, 6.45) is 1.68. The van der Waals surface area contributed by atoms with Crippen LogP contribution in [-0.2, 0) is 10.8 Å². The van der Waals surface area contributed by atoms with Crippen molar-refractivity contribution in [3.63, 3.8) is 0 Å². The molecule has 0 fully saturated rings. The minimum atomic E-state index is -0.940. The zero-order valence-corrected chi connectivity index (χ0v) is 14.3. The lowest BCUT2D eigenvalue weighted by Gasteiger charge is -2.14. The highest BCUT2D eigenvalue weighted by atomic mass is 32.2. The van der Waals surface area contributed by atoms with Crippen molar-refractivity contribution in [1.82, 2.24) is 5.32 Å². The summed E-state index contributed by atoms with van der Waals surface area (Å²) in [7, 11) is -0.940. The molecule has 0 heterocycles. The van der Waals surface area contributed by atoms with Crippen LogP contribution in [0.25, 0.3) is 0 Å². The highest BCUT2D eigenvalue weighted by molar-refractivity contribution is 7.99. The molecule has 2 rings (SSSR count). The van der Waals surface area contributed by atoms with Gasteiger partial charge in [-0.05, 0) is 36.8 Å². The third-order valence-electron chi connectivity index (χ3n) is 3.36. The summed E-state index contributed by atoms with van der Waals surface area (Å²) < 4.78 is 24.8. The van der Waals surface area contributed by atoms with E-state index >= 15 is 0 Å². The van der Waals surface area contributed by atoms with Crippen molar-refractivity contribution in [2.24, 2.45) is 0 Å². The van der Waals surface area contributed by atoms with Gasteiger partial charge in [-0.2, -0.15) is 0 Å². The first-order valence-electron chi connectivity index (χ1n) is 7.12. The molecule has 0 spiro atoms. The van der Waals surface area contributed by atoms with E-state index in [4.69, 9.17) is 0 Å². The van der Waals surface area contributed by atoms with E-state index < -0.39 is 10.8 Å². The van der Waals surface area contributed by atoms with Crippen molar-refractivity contribution in [1.29, 1.82) is 0 Å². The maximum Gasteiger partial charge on any atom is 0.136 e. The Balaban J connectivity index is 1.79. The molecular formula is C17H20FNOS2. The molecular weight excluding hydrogens is 317 g/mol. The summed E-state index contributed by atoms with van der Waals surface area (Å²) in [5, 5.41) is 3.42. The van der Waals surface area contributed by atoms with Crippen molar-refractivity contribution in [3.05, 3.63) is 59.9 Å². The van der Waals surface area contributed by atoms with E-state index in [-0.39, 0.29) is 11.9 Å². The van der Waals surface area contributed by atoms with Gasteiger partial charge in [-0.25, -0.2) is 4.39 Å². The Morgan fingerprint density at radius 2 is 1.86 bits per heavy atom. The van der Waals surface area contributed by atoms with Crippen LogP contribution in [0.15, 0.2) is 58.3 Å². The second kappa shape index (κ2) is 8.46. The third-order valence-corrected chi connectivity index (χ3v) is 5.35. The first kappa shape index (κ1) is 17.2. The Morgan fingerprint density at radius 1 is 1.18 bits per heavy atom. The monoisotopic (exact) mass is 337 g/mol. The summed E-state index contributed by atoms with van der Waals surface area (Å²) in [6, 6.07) is 14.8. The lowest BCUT2D eigenvalue weighted by molar-refractivity contribution is 0.596. The molecule has 0 aliphatic heterocycles. The second-order valence-corrected chi connectivity index (χ2v) is 7.49. The summed E-state index contributed by atoms with van der Waals surface area (Å²) in [4.78, 5) is 1.53. The van der Waals surface area contributed by atoms with Crippen LogP contribution in [0, 0.1) is 5.82 Å². The lowest BCUT2D eigenvalue weighted by Crippen LogP contribution is -2.21. The zero-order chi connectivity index (χ0) is 15.9. The number of nitrogens with one attached hydrogen (secondary N) is 1.